The second kappa shape index (κ2) is 7.92. The third-order valence-corrected chi connectivity index (χ3v) is 4.43. The van der Waals surface area contributed by atoms with E-state index in [0.717, 1.165) is 11.1 Å². The SMILES string of the molecule is O=C(NCc1ccccc1Cn1ccnc1)c1ccc(-c2ccc(F)cc2)o1. The smallest absolute Gasteiger partial charge is 0.287 e. The lowest BCUT2D eigenvalue weighted by molar-refractivity contribution is 0.0924. The van der Waals surface area contributed by atoms with Gasteiger partial charge in [-0.15, -0.1) is 0 Å². The first kappa shape index (κ1) is 17.7. The summed E-state index contributed by atoms with van der Waals surface area (Å²) in [7, 11) is 0. The standard InChI is InChI=1S/C22H18FN3O2/c23-19-7-5-16(6-8-19)20-9-10-21(28-20)22(27)25-13-17-3-1-2-4-18(17)14-26-12-11-24-15-26/h1-12,15H,13-14H2,(H,25,27). The van der Waals surface area contributed by atoms with E-state index in [0.29, 0.717) is 24.4 Å². The normalized spacial score (nSPS) is 10.8. The van der Waals surface area contributed by atoms with Crippen LogP contribution in [-0.2, 0) is 13.1 Å². The van der Waals surface area contributed by atoms with E-state index in [1.165, 1.54) is 12.1 Å². The van der Waals surface area contributed by atoms with Crippen LogP contribution in [0.5, 0.6) is 0 Å². The van der Waals surface area contributed by atoms with Crippen LogP contribution in [0, 0.1) is 5.82 Å². The highest BCUT2D eigenvalue weighted by Gasteiger charge is 2.13. The number of amides is 1. The summed E-state index contributed by atoms with van der Waals surface area (Å²) in [4.78, 5) is 16.5. The Kier molecular flexibility index (Phi) is 5.01. The zero-order valence-corrected chi connectivity index (χ0v) is 15.0. The van der Waals surface area contributed by atoms with Crippen molar-refractivity contribution in [2.45, 2.75) is 13.1 Å². The number of furan rings is 1. The zero-order chi connectivity index (χ0) is 19.3. The minimum atomic E-state index is -0.317. The van der Waals surface area contributed by atoms with Crippen LogP contribution < -0.4 is 5.32 Å². The third-order valence-electron chi connectivity index (χ3n) is 4.43. The first-order chi connectivity index (χ1) is 13.7. The van der Waals surface area contributed by atoms with Crippen LogP contribution in [0.2, 0.25) is 0 Å². The second-order valence-electron chi connectivity index (χ2n) is 6.36. The van der Waals surface area contributed by atoms with E-state index in [1.807, 2.05) is 35.0 Å². The van der Waals surface area contributed by atoms with E-state index in [-0.39, 0.29) is 17.5 Å². The number of nitrogens with zero attached hydrogens (tertiary/aromatic N) is 2. The predicted molar refractivity (Wildman–Crippen MR) is 103 cm³/mol. The molecular formula is C22H18FN3O2. The molecule has 6 heteroatoms. The summed E-state index contributed by atoms with van der Waals surface area (Å²) in [5, 5.41) is 2.89. The fraction of sp³-hybridized carbons (Fsp3) is 0.0909. The maximum Gasteiger partial charge on any atom is 0.287 e. The summed E-state index contributed by atoms with van der Waals surface area (Å²) >= 11 is 0. The highest BCUT2D eigenvalue weighted by atomic mass is 19.1. The minimum absolute atomic E-state index is 0.214. The Morgan fingerprint density at radius 3 is 2.57 bits per heavy atom. The molecule has 28 heavy (non-hydrogen) atoms. The highest BCUT2D eigenvalue weighted by Crippen LogP contribution is 2.22. The van der Waals surface area contributed by atoms with Crippen molar-refractivity contribution >= 4 is 5.91 Å². The molecule has 1 amide bonds. The van der Waals surface area contributed by atoms with Gasteiger partial charge in [0.1, 0.15) is 11.6 Å². The molecule has 0 atom stereocenters. The van der Waals surface area contributed by atoms with Gasteiger partial charge < -0.3 is 14.3 Å². The van der Waals surface area contributed by atoms with Gasteiger partial charge >= 0.3 is 0 Å². The first-order valence-corrected chi connectivity index (χ1v) is 8.85. The van der Waals surface area contributed by atoms with E-state index >= 15 is 0 Å². The van der Waals surface area contributed by atoms with Crippen molar-refractivity contribution in [3.05, 3.63) is 102 Å². The second-order valence-corrected chi connectivity index (χ2v) is 6.36. The monoisotopic (exact) mass is 375 g/mol. The molecule has 0 aliphatic rings. The van der Waals surface area contributed by atoms with E-state index in [2.05, 4.69) is 10.3 Å². The Balaban J connectivity index is 1.43. The molecule has 0 saturated heterocycles. The molecule has 4 rings (SSSR count). The Bertz CT molecular complexity index is 1070. The third kappa shape index (κ3) is 4.01. The number of nitrogens with one attached hydrogen (secondary N) is 1. The number of imidazole rings is 1. The zero-order valence-electron chi connectivity index (χ0n) is 15.0. The van der Waals surface area contributed by atoms with Gasteiger partial charge in [0.25, 0.3) is 5.91 Å². The highest BCUT2D eigenvalue weighted by molar-refractivity contribution is 5.92. The van der Waals surface area contributed by atoms with Gasteiger partial charge in [-0.2, -0.15) is 0 Å². The van der Waals surface area contributed by atoms with Crippen LogP contribution in [0.1, 0.15) is 21.7 Å². The molecule has 0 unspecified atom stereocenters. The van der Waals surface area contributed by atoms with E-state index < -0.39 is 0 Å². The maximum absolute atomic E-state index is 13.0. The van der Waals surface area contributed by atoms with Crippen LogP contribution in [0.3, 0.4) is 0 Å². The molecule has 2 heterocycles. The fourth-order valence-electron chi connectivity index (χ4n) is 2.95. The number of aromatic nitrogens is 2. The van der Waals surface area contributed by atoms with Crippen molar-refractivity contribution in [2.24, 2.45) is 0 Å². The van der Waals surface area contributed by atoms with Crippen molar-refractivity contribution in [2.75, 3.05) is 0 Å². The molecule has 0 spiro atoms. The number of hydrogen-bond donors (Lipinski definition) is 1. The number of hydrogen-bond acceptors (Lipinski definition) is 3. The Morgan fingerprint density at radius 2 is 1.82 bits per heavy atom. The molecule has 5 nitrogen and oxygen atoms in total. The van der Waals surface area contributed by atoms with Crippen LogP contribution in [0.4, 0.5) is 4.39 Å². The lowest BCUT2D eigenvalue weighted by atomic mass is 10.1. The van der Waals surface area contributed by atoms with Crippen molar-refractivity contribution in [1.29, 1.82) is 0 Å². The van der Waals surface area contributed by atoms with Gasteiger partial charge in [0, 0.05) is 31.0 Å². The van der Waals surface area contributed by atoms with E-state index in [4.69, 9.17) is 4.42 Å². The molecular weight excluding hydrogens is 357 g/mol. The molecule has 0 aliphatic heterocycles. The van der Waals surface area contributed by atoms with Gasteiger partial charge in [-0.3, -0.25) is 4.79 Å². The molecule has 0 bridgehead atoms. The minimum Gasteiger partial charge on any atom is -0.451 e. The maximum atomic E-state index is 13.0. The lowest BCUT2D eigenvalue weighted by Gasteiger charge is -2.10. The molecule has 0 fully saturated rings. The topological polar surface area (TPSA) is 60.1 Å². The number of carbonyl (C=O) groups excluding carboxylic acids is 1. The van der Waals surface area contributed by atoms with Gasteiger partial charge in [-0.1, -0.05) is 24.3 Å². The van der Waals surface area contributed by atoms with E-state index in [1.54, 1.807) is 36.8 Å². The average molecular weight is 375 g/mol. The largest absolute Gasteiger partial charge is 0.451 e. The summed E-state index contributed by atoms with van der Waals surface area (Å²) < 4.78 is 20.7. The Hall–Kier alpha value is -3.67. The molecule has 0 radical (unpaired) electrons. The number of halogens is 1. The Morgan fingerprint density at radius 1 is 1.04 bits per heavy atom. The molecule has 0 aliphatic carbocycles. The fourth-order valence-corrected chi connectivity index (χ4v) is 2.95. The van der Waals surface area contributed by atoms with Crippen LogP contribution in [0.15, 0.2) is 83.8 Å². The van der Waals surface area contributed by atoms with Gasteiger partial charge in [0.15, 0.2) is 5.76 Å². The van der Waals surface area contributed by atoms with E-state index in [9.17, 15) is 9.18 Å². The van der Waals surface area contributed by atoms with Crippen LogP contribution in [0.25, 0.3) is 11.3 Å². The molecule has 2 aromatic heterocycles. The van der Waals surface area contributed by atoms with Gasteiger partial charge in [-0.05, 0) is 47.5 Å². The van der Waals surface area contributed by atoms with Gasteiger partial charge in [-0.25, -0.2) is 9.37 Å². The summed E-state index contributed by atoms with van der Waals surface area (Å²) in [5.41, 5.74) is 2.84. The summed E-state index contributed by atoms with van der Waals surface area (Å²) in [6, 6.07) is 17.2. The quantitative estimate of drug-likeness (QED) is 0.548. The predicted octanol–water partition coefficient (Wildman–Crippen LogP) is 4.26. The molecule has 4 aromatic rings. The molecule has 0 saturated carbocycles. The molecule has 1 N–H and O–H groups in total. The molecule has 140 valence electrons. The number of rotatable bonds is 6. The summed E-state index contributed by atoms with van der Waals surface area (Å²) in [6.07, 6.45) is 5.39. The number of benzene rings is 2. The average Bonchev–Trinajstić information content (AvgIpc) is 3.40. The summed E-state index contributed by atoms with van der Waals surface area (Å²) in [6.45, 7) is 1.07. The van der Waals surface area contributed by atoms with Gasteiger partial charge in [0.2, 0.25) is 0 Å². The summed E-state index contributed by atoms with van der Waals surface area (Å²) in [5.74, 6) is 0.116. The van der Waals surface area contributed by atoms with Gasteiger partial charge in [0.05, 0.1) is 6.33 Å². The van der Waals surface area contributed by atoms with Crippen LogP contribution >= 0.6 is 0 Å². The number of carbonyl (C=O) groups is 1. The molecule has 2 aromatic carbocycles. The van der Waals surface area contributed by atoms with Crippen LogP contribution in [-0.4, -0.2) is 15.5 Å². The Labute approximate surface area is 161 Å². The van der Waals surface area contributed by atoms with Crippen molar-refractivity contribution in [3.63, 3.8) is 0 Å². The van der Waals surface area contributed by atoms with Crippen molar-refractivity contribution in [1.82, 2.24) is 14.9 Å². The first-order valence-electron chi connectivity index (χ1n) is 8.85. The lowest BCUT2D eigenvalue weighted by Crippen LogP contribution is -2.23. The van der Waals surface area contributed by atoms with Crippen molar-refractivity contribution < 1.29 is 13.6 Å². The van der Waals surface area contributed by atoms with Crippen molar-refractivity contribution in [3.8, 4) is 11.3 Å².